The number of likely N-dealkylation sites (tertiary alicyclic amines) is 1. The summed E-state index contributed by atoms with van der Waals surface area (Å²) in [6.45, 7) is 7.12. The van der Waals surface area contributed by atoms with Gasteiger partial charge in [0.2, 0.25) is 0 Å². The standard InChI is InChI=1S/C26H38N2O5/c1-26(2,3)33-25(30)27-16-20-10-11-21(17-27)28(20)19-6-5-7-23(15-19)32-22-12-8-18(9-13-22)14-24(29)31-4/h5-7,15,18,20-22H,8-14,16-17H2,1-4H3. The lowest BCUT2D eigenvalue weighted by Gasteiger charge is -2.42. The molecule has 33 heavy (non-hydrogen) atoms. The highest BCUT2D eigenvalue weighted by atomic mass is 16.6. The van der Waals surface area contributed by atoms with Gasteiger partial charge in [-0.25, -0.2) is 4.79 Å². The minimum atomic E-state index is -0.475. The van der Waals surface area contributed by atoms with E-state index in [0.29, 0.717) is 37.5 Å². The fraction of sp³-hybridized carbons (Fsp3) is 0.692. The van der Waals surface area contributed by atoms with Crippen molar-refractivity contribution in [2.24, 2.45) is 5.92 Å². The van der Waals surface area contributed by atoms with Crippen LogP contribution in [-0.2, 0) is 14.3 Å². The van der Waals surface area contributed by atoms with Gasteiger partial charge in [-0.3, -0.25) is 4.79 Å². The second-order valence-corrected chi connectivity index (χ2v) is 10.7. The number of ether oxygens (including phenoxy) is 3. The number of benzene rings is 1. The number of hydrogen-bond acceptors (Lipinski definition) is 6. The number of fused-ring (bicyclic) bond motifs is 2. The smallest absolute Gasteiger partial charge is 0.410 e. The van der Waals surface area contributed by atoms with Gasteiger partial charge in [-0.2, -0.15) is 0 Å². The lowest BCUT2D eigenvalue weighted by atomic mass is 9.85. The fourth-order valence-corrected chi connectivity index (χ4v) is 5.48. The molecule has 2 atom stereocenters. The van der Waals surface area contributed by atoms with E-state index >= 15 is 0 Å². The van der Waals surface area contributed by atoms with Crippen molar-refractivity contribution >= 4 is 17.7 Å². The molecule has 2 unspecified atom stereocenters. The third-order valence-electron chi connectivity index (χ3n) is 7.03. The Bertz CT molecular complexity index is 829. The lowest BCUT2D eigenvalue weighted by molar-refractivity contribution is -0.142. The highest BCUT2D eigenvalue weighted by Crippen LogP contribution is 2.37. The van der Waals surface area contributed by atoms with Crippen molar-refractivity contribution in [2.75, 3.05) is 25.1 Å². The van der Waals surface area contributed by atoms with Gasteiger partial charge in [0.25, 0.3) is 0 Å². The predicted octanol–water partition coefficient (Wildman–Crippen LogP) is 4.78. The minimum Gasteiger partial charge on any atom is -0.490 e. The van der Waals surface area contributed by atoms with Crippen molar-refractivity contribution in [3.05, 3.63) is 24.3 Å². The molecule has 1 aromatic rings. The van der Waals surface area contributed by atoms with Crippen molar-refractivity contribution in [1.29, 1.82) is 0 Å². The van der Waals surface area contributed by atoms with Crippen LogP contribution in [-0.4, -0.2) is 61.0 Å². The number of carbonyl (C=O) groups is 2. The van der Waals surface area contributed by atoms with Gasteiger partial charge in [-0.15, -0.1) is 0 Å². The fourth-order valence-electron chi connectivity index (χ4n) is 5.48. The molecular formula is C26H38N2O5. The molecule has 3 aliphatic rings. The molecule has 2 aliphatic heterocycles. The van der Waals surface area contributed by atoms with Crippen LogP contribution in [0.3, 0.4) is 0 Å². The first-order chi connectivity index (χ1) is 15.7. The molecule has 1 aromatic carbocycles. The van der Waals surface area contributed by atoms with Gasteiger partial charge in [-0.1, -0.05) is 6.07 Å². The molecule has 182 valence electrons. The second kappa shape index (κ2) is 9.82. The highest BCUT2D eigenvalue weighted by molar-refractivity contribution is 5.70. The SMILES string of the molecule is COC(=O)CC1CCC(Oc2cccc(N3C4CCC3CN(C(=O)OC(C)(C)C)C4)c2)CC1. The van der Waals surface area contributed by atoms with E-state index in [1.165, 1.54) is 12.8 Å². The largest absolute Gasteiger partial charge is 0.490 e. The maximum Gasteiger partial charge on any atom is 0.410 e. The molecule has 7 nitrogen and oxygen atoms in total. The Kier molecular flexibility index (Phi) is 7.05. The van der Waals surface area contributed by atoms with E-state index in [1.54, 1.807) is 0 Å². The average molecular weight is 459 g/mol. The molecular weight excluding hydrogens is 420 g/mol. The predicted molar refractivity (Wildman–Crippen MR) is 127 cm³/mol. The summed E-state index contributed by atoms with van der Waals surface area (Å²) in [6.07, 6.45) is 6.58. The summed E-state index contributed by atoms with van der Waals surface area (Å²) in [7, 11) is 1.45. The van der Waals surface area contributed by atoms with Crippen molar-refractivity contribution in [2.45, 2.75) is 89.5 Å². The van der Waals surface area contributed by atoms with Crippen LogP contribution < -0.4 is 9.64 Å². The summed E-state index contributed by atoms with van der Waals surface area (Å²) in [5, 5.41) is 0. The number of rotatable bonds is 5. The van der Waals surface area contributed by atoms with Crippen LogP contribution in [0.5, 0.6) is 5.75 Å². The van der Waals surface area contributed by atoms with E-state index < -0.39 is 5.60 Å². The molecule has 3 fully saturated rings. The molecule has 1 aliphatic carbocycles. The summed E-state index contributed by atoms with van der Waals surface area (Å²) >= 11 is 0. The van der Waals surface area contributed by atoms with Crippen LogP contribution in [0.15, 0.2) is 24.3 Å². The van der Waals surface area contributed by atoms with E-state index in [2.05, 4.69) is 23.1 Å². The number of nitrogens with zero attached hydrogens (tertiary/aromatic N) is 2. The summed E-state index contributed by atoms with van der Waals surface area (Å²) in [5.41, 5.74) is 0.695. The van der Waals surface area contributed by atoms with Gasteiger partial charge in [0.1, 0.15) is 11.4 Å². The topological polar surface area (TPSA) is 68.3 Å². The van der Waals surface area contributed by atoms with Crippen molar-refractivity contribution in [3.8, 4) is 5.75 Å². The Labute approximate surface area is 197 Å². The third-order valence-corrected chi connectivity index (χ3v) is 7.03. The minimum absolute atomic E-state index is 0.117. The van der Waals surface area contributed by atoms with Gasteiger partial charge in [0, 0.05) is 43.3 Å². The number of esters is 1. The third kappa shape index (κ3) is 5.92. The van der Waals surface area contributed by atoms with Crippen LogP contribution in [0.1, 0.15) is 65.7 Å². The highest BCUT2D eigenvalue weighted by Gasteiger charge is 2.42. The summed E-state index contributed by atoms with van der Waals surface area (Å²) < 4.78 is 16.8. The summed E-state index contributed by atoms with van der Waals surface area (Å²) in [5.74, 6) is 1.19. The summed E-state index contributed by atoms with van der Waals surface area (Å²) in [4.78, 5) is 28.5. The molecule has 4 rings (SSSR count). The van der Waals surface area contributed by atoms with E-state index in [0.717, 1.165) is 44.3 Å². The Balaban J connectivity index is 1.34. The Morgan fingerprint density at radius 3 is 2.27 bits per heavy atom. The van der Waals surface area contributed by atoms with Crippen LogP contribution in [0.25, 0.3) is 0 Å². The number of hydrogen-bond donors (Lipinski definition) is 0. The van der Waals surface area contributed by atoms with Gasteiger partial charge in [0.15, 0.2) is 0 Å². The number of piperazine rings is 1. The Hall–Kier alpha value is -2.44. The van der Waals surface area contributed by atoms with E-state index in [-0.39, 0.29) is 18.2 Å². The molecule has 1 amide bonds. The quantitative estimate of drug-likeness (QED) is 0.592. The monoisotopic (exact) mass is 458 g/mol. The molecule has 7 heteroatoms. The van der Waals surface area contributed by atoms with Gasteiger partial charge >= 0.3 is 12.1 Å². The molecule has 0 radical (unpaired) electrons. The second-order valence-electron chi connectivity index (χ2n) is 10.7. The maximum absolute atomic E-state index is 12.6. The molecule has 2 heterocycles. The number of methoxy groups -OCH3 is 1. The van der Waals surface area contributed by atoms with Crippen LogP contribution in [0.2, 0.25) is 0 Å². The first-order valence-electron chi connectivity index (χ1n) is 12.3. The number of carbonyl (C=O) groups excluding carboxylic acids is 2. The molecule has 0 spiro atoms. The molecule has 0 aromatic heterocycles. The van der Waals surface area contributed by atoms with Crippen LogP contribution in [0, 0.1) is 5.92 Å². The summed E-state index contributed by atoms with van der Waals surface area (Å²) in [6, 6.07) is 9.00. The zero-order chi connectivity index (χ0) is 23.6. The van der Waals surface area contributed by atoms with Gasteiger partial charge in [-0.05, 0) is 77.3 Å². The van der Waals surface area contributed by atoms with Crippen LogP contribution in [0.4, 0.5) is 10.5 Å². The first-order valence-corrected chi connectivity index (χ1v) is 12.3. The van der Waals surface area contributed by atoms with Crippen molar-refractivity contribution < 1.29 is 23.8 Å². The number of amides is 1. The lowest BCUT2D eigenvalue weighted by Crippen LogP contribution is -2.56. The average Bonchev–Trinajstić information content (AvgIpc) is 3.03. The Morgan fingerprint density at radius 1 is 1.00 bits per heavy atom. The van der Waals surface area contributed by atoms with Gasteiger partial charge < -0.3 is 24.0 Å². The maximum atomic E-state index is 12.6. The van der Waals surface area contributed by atoms with E-state index in [4.69, 9.17) is 14.2 Å². The molecule has 2 bridgehead atoms. The van der Waals surface area contributed by atoms with E-state index in [9.17, 15) is 9.59 Å². The molecule has 2 saturated heterocycles. The van der Waals surface area contributed by atoms with Crippen molar-refractivity contribution in [1.82, 2.24) is 4.90 Å². The van der Waals surface area contributed by atoms with E-state index in [1.807, 2.05) is 31.7 Å². The Morgan fingerprint density at radius 2 is 1.67 bits per heavy atom. The van der Waals surface area contributed by atoms with Gasteiger partial charge in [0.05, 0.1) is 13.2 Å². The first kappa shape index (κ1) is 23.7. The molecule has 0 N–H and O–H groups in total. The van der Waals surface area contributed by atoms with Crippen LogP contribution >= 0.6 is 0 Å². The molecule has 1 saturated carbocycles. The zero-order valence-corrected chi connectivity index (χ0v) is 20.4. The normalized spacial score (nSPS) is 27.3. The van der Waals surface area contributed by atoms with Crippen molar-refractivity contribution in [3.63, 3.8) is 0 Å². The number of anilines is 1. The zero-order valence-electron chi connectivity index (χ0n) is 20.4.